The lowest BCUT2D eigenvalue weighted by molar-refractivity contribution is -0.106. The minimum atomic E-state index is -1.22. The topological polar surface area (TPSA) is 18.5 Å². The third-order valence-corrected chi connectivity index (χ3v) is 3.40. The molecule has 0 saturated carbocycles. The molecule has 10 heavy (non-hydrogen) atoms. The molecular weight excluding hydrogens is 160 g/mol. The van der Waals surface area contributed by atoms with Crippen LogP contribution in [0.4, 0.5) is 0 Å². The molecule has 2 atom stereocenters. The minimum absolute atomic E-state index is 1.22. The van der Waals surface area contributed by atoms with Gasteiger partial charge in [0.25, 0.3) is 0 Å². The minimum Gasteiger partial charge on any atom is -0.297 e. The monoisotopic (exact) mass is 174 g/mol. The van der Waals surface area contributed by atoms with Gasteiger partial charge >= 0.3 is 0 Å². The predicted molar refractivity (Wildman–Crippen MR) is 48.6 cm³/mol. The van der Waals surface area contributed by atoms with Gasteiger partial charge in [-0.3, -0.25) is 9.15 Å². The molecule has 0 heterocycles. The molecule has 0 aliphatic carbocycles. The molecule has 0 aromatic heterocycles. The zero-order valence-corrected chi connectivity index (χ0v) is 8.85. The first-order valence-electron chi connectivity index (χ1n) is 3.28. The third kappa shape index (κ3) is 4.69. The summed E-state index contributed by atoms with van der Waals surface area (Å²) in [5.41, 5.74) is 3.65. The van der Waals surface area contributed by atoms with Crippen LogP contribution >= 0.6 is 0 Å². The average Bonchev–Trinajstić information content (AvgIpc) is 1.99. The van der Waals surface area contributed by atoms with Crippen molar-refractivity contribution in [3.8, 4) is 0 Å². The van der Waals surface area contributed by atoms with Crippen molar-refractivity contribution in [2.24, 2.45) is 0 Å². The van der Waals surface area contributed by atoms with Crippen LogP contribution in [0.25, 0.3) is 0 Å². The van der Waals surface area contributed by atoms with Gasteiger partial charge in [0.2, 0.25) is 18.1 Å². The zero-order valence-electron chi connectivity index (χ0n) is 6.54. The Labute approximate surface area is 65.5 Å². The first kappa shape index (κ1) is 9.83. The van der Waals surface area contributed by atoms with Gasteiger partial charge in [0.15, 0.2) is 0 Å². The van der Waals surface area contributed by atoms with Crippen LogP contribution in [0.3, 0.4) is 0 Å². The van der Waals surface area contributed by atoms with Crippen LogP contribution in [0.5, 0.6) is 0 Å². The van der Waals surface area contributed by atoms with E-state index in [2.05, 4.69) is 13.2 Å². The normalized spacial score (nSPS) is 15.8. The highest BCUT2D eigenvalue weighted by atomic mass is 28.3. The van der Waals surface area contributed by atoms with Crippen LogP contribution in [0.15, 0.2) is 24.6 Å². The van der Waals surface area contributed by atoms with Crippen LogP contribution in [0, 0.1) is 0 Å². The Morgan fingerprint density at radius 2 is 1.30 bits per heavy atom. The predicted octanol–water partition coefficient (Wildman–Crippen LogP) is 1.09. The molecule has 0 spiro atoms. The molecule has 0 rings (SSSR count). The largest absolute Gasteiger partial charge is 0.297 e. The van der Waals surface area contributed by atoms with E-state index in [1.807, 2.05) is 24.5 Å². The highest BCUT2D eigenvalue weighted by Gasteiger charge is 2.03. The fourth-order valence-corrected chi connectivity index (χ4v) is 1.81. The molecule has 2 nitrogen and oxygen atoms in total. The summed E-state index contributed by atoms with van der Waals surface area (Å²) in [6, 6.07) is 0. The summed E-state index contributed by atoms with van der Waals surface area (Å²) < 4.78 is 10.1. The molecule has 0 aromatic rings. The molecule has 0 aromatic carbocycles. The van der Waals surface area contributed by atoms with Crippen molar-refractivity contribution in [1.29, 1.82) is 0 Å². The second-order valence-electron chi connectivity index (χ2n) is 2.07. The highest BCUT2D eigenvalue weighted by molar-refractivity contribution is 6.58. The first-order valence-corrected chi connectivity index (χ1v) is 7.86. The molecule has 0 N–H and O–H groups in total. The molecule has 0 saturated heterocycles. The van der Waals surface area contributed by atoms with Gasteiger partial charge in [-0.2, -0.15) is 0 Å². The Morgan fingerprint density at radius 1 is 1.00 bits per heavy atom. The van der Waals surface area contributed by atoms with E-state index in [9.17, 15) is 0 Å². The quantitative estimate of drug-likeness (QED) is 0.353. The second kappa shape index (κ2) is 5.61. The van der Waals surface area contributed by atoms with Crippen molar-refractivity contribution in [3.05, 3.63) is 24.6 Å². The SMILES string of the molecule is C=C[SiH](C)OO[SiH](C)C=C. The maximum absolute atomic E-state index is 5.06. The van der Waals surface area contributed by atoms with E-state index in [1.165, 1.54) is 0 Å². The highest BCUT2D eigenvalue weighted by Crippen LogP contribution is 1.92. The van der Waals surface area contributed by atoms with Crippen LogP contribution in [0.2, 0.25) is 13.1 Å². The van der Waals surface area contributed by atoms with Gasteiger partial charge in [-0.1, -0.05) is 11.4 Å². The summed E-state index contributed by atoms with van der Waals surface area (Å²) in [6.07, 6.45) is 0. The lowest BCUT2D eigenvalue weighted by atomic mass is 11.3. The van der Waals surface area contributed by atoms with Crippen LogP contribution in [-0.4, -0.2) is 18.1 Å². The third-order valence-electron chi connectivity index (χ3n) is 1.02. The Bertz CT molecular complexity index is 102. The van der Waals surface area contributed by atoms with Gasteiger partial charge in [-0.15, -0.1) is 13.2 Å². The fourth-order valence-electron chi connectivity index (χ4n) is 0.254. The van der Waals surface area contributed by atoms with Gasteiger partial charge < -0.3 is 0 Å². The van der Waals surface area contributed by atoms with Crippen molar-refractivity contribution in [3.63, 3.8) is 0 Å². The van der Waals surface area contributed by atoms with Crippen molar-refractivity contribution >= 4 is 18.1 Å². The maximum Gasteiger partial charge on any atom is 0.242 e. The molecule has 0 fully saturated rings. The van der Waals surface area contributed by atoms with Gasteiger partial charge in [0.1, 0.15) is 0 Å². The van der Waals surface area contributed by atoms with E-state index in [4.69, 9.17) is 9.15 Å². The molecule has 0 radical (unpaired) electrons. The summed E-state index contributed by atoms with van der Waals surface area (Å²) >= 11 is 0. The van der Waals surface area contributed by atoms with Gasteiger partial charge in [0, 0.05) is 0 Å². The van der Waals surface area contributed by atoms with Gasteiger partial charge in [0.05, 0.1) is 0 Å². The maximum atomic E-state index is 5.06. The summed E-state index contributed by atoms with van der Waals surface area (Å²) in [7, 11) is -2.45. The standard InChI is InChI=1S/C6H14O2Si2/c1-5-9(3)7-8-10(4)6-2/h5-6,9-10H,1-2H2,3-4H3. The van der Waals surface area contributed by atoms with E-state index in [0.29, 0.717) is 0 Å². The van der Waals surface area contributed by atoms with Crippen molar-refractivity contribution in [2.75, 3.05) is 0 Å². The molecule has 4 heteroatoms. The molecule has 0 aliphatic rings. The first-order chi connectivity index (χ1) is 4.70. The number of rotatable bonds is 5. The average molecular weight is 174 g/mol. The van der Waals surface area contributed by atoms with Crippen LogP contribution in [-0.2, 0) is 9.15 Å². The Kier molecular flexibility index (Phi) is 5.51. The fraction of sp³-hybridized carbons (Fsp3) is 0.333. The van der Waals surface area contributed by atoms with E-state index in [-0.39, 0.29) is 0 Å². The summed E-state index contributed by atoms with van der Waals surface area (Å²) in [6.45, 7) is 11.2. The Balaban J connectivity index is 3.34. The molecule has 0 aliphatic heterocycles. The van der Waals surface area contributed by atoms with Crippen LogP contribution < -0.4 is 0 Å². The van der Waals surface area contributed by atoms with E-state index in [1.54, 1.807) is 0 Å². The van der Waals surface area contributed by atoms with Crippen LogP contribution in [0.1, 0.15) is 0 Å². The molecular formula is C6H14O2Si2. The molecule has 0 amide bonds. The summed E-state index contributed by atoms with van der Waals surface area (Å²) in [5, 5.41) is 0. The lowest BCUT2D eigenvalue weighted by Gasteiger charge is -2.08. The second-order valence-corrected chi connectivity index (χ2v) is 6.22. The number of hydrogen-bond acceptors (Lipinski definition) is 2. The molecule has 2 unspecified atom stereocenters. The lowest BCUT2D eigenvalue weighted by Crippen LogP contribution is -2.17. The van der Waals surface area contributed by atoms with Crippen molar-refractivity contribution in [2.45, 2.75) is 13.1 Å². The van der Waals surface area contributed by atoms with E-state index in [0.717, 1.165) is 0 Å². The summed E-state index contributed by atoms with van der Waals surface area (Å²) in [5.74, 6) is 0. The smallest absolute Gasteiger partial charge is 0.242 e. The zero-order chi connectivity index (χ0) is 7.98. The van der Waals surface area contributed by atoms with E-state index < -0.39 is 18.1 Å². The summed E-state index contributed by atoms with van der Waals surface area (Å²) in [4.78, 5) is 0. The Morgan fingerprint density at radius 3 is 1.50 bits per heavy atom. The van der Waals surface area contributed by atoms with Gasteiger partial charge in [-0.25, -0.2) is 0 Å². The van der Waals surface area contributed by atoms with Crippen molar-refractivity contribution in [1.82, 2.24) is 0 Å². The van der Waals surface area contributed by atoms with E-state index >= 15 is 0 Å². The number of hydrogen-bond donors (Lipinski definition) is 0. The molecule has 0 bridgehead atoms. The molecule has 58 valence electrons. The van der Waals surface area contributed by atoms with Gasteiger partial charge in [-0.05, 0) is 13.1 Å². The Hall–Kier alpha value is -0.166. The van der Waals surface area contributed by atoms with Crippen molar-refractivity contribution < 1.29 is 9.15 Å².